The van der Waals surface area contributed by atoms with Crippen LogP contribution in [0.25, 0.3) is 17.4 Å². The first-order chi connectivity index (χ1) is 22.7. The Morgan fingerprint density at radius 2 is 1.60 bits per heavy atom. The van der Waals surface area contributed by atoms with Gasteiger partial charge in [0.1, 0.15) is 23.0 Å². The van der Waals surface area contributed by atoms with Crippen LogP contribution in [0.4, 0.5) is 11.4 Å². The molecule has 5 aromatic rings. The summed E-state index contributed by atoms with van der Waals surface area (Å²) >= 11 is 7.47. The van der Waals surface area contributed by atoms with Gasteiger partial charge in [-0.2, -0.15) is 0 Å². The van der Waals surface area contributed by atoms with E-state index in [1.807, 2.05) is 56.3 Å². The number of rotatable bonds is 11. The summed E-state index contributed by atoms with van der Waals surface area (Å²) < 4.78 is 11.5. The highest BCUT2D eigenvalue weighted by Crippen LogP contribution is 2.32. The van der Waals surface area contributed by atoms with E-state index in [2.05, 4.69) is 16.0 Å². The summed E-state index contributed by atoms with van der Waals surface area (Å²) in [6, 6.07) is 31.9. The molecule has 0 saturated carbocycles. The average molecular weight is 666 g/mol. The van der Waals surface area contributed by atoms with Gasteiger partial charge in [-0.25, -0.2) is 0 Å². The van der Waals surface area contributed by atoms with E-state index in [0.717, 1.165) is 16.0 Å². The lowest BCUT2D eigenvalue weighted by Crippen LogP contribution is -2.30. The van der Waals surface area contributed by atoms with Crippen LogP contribution >= 0.6 is 23.4 Å². The number of furan rings is 1. The van der Waals surface area contributed by atoms with Crippen molar-refractivity contribution in [3.63, 3.8) is 0 Å². The zero-order chi connectivity index (χ0) is 33.3. The van der Waals surface area contributed by atoms with E-state index < -0.39 is 17.1 Å². The van der Waals surface area contributed by atoms with Gasteiger partial charge in [0.05, 0.1) is 17.9 Å². The Hall–Kier alpha value is -5.25. The van der Waals surface area contributed by atoms with Crippen LogP contribution < -0.4 is 20.7 Å². The van der Waals surface area contributed by atoms with Gasteiger partial charge in [-0.1, -0.05) is 48.0 Å². The van der Waals surface area contributed by atoms with Crippen molar-refractivity contribution in [3.8, 4) is 17.1 Å². The third-order valence-corrected chi connectivity index (χ3v) is 8.41. The largest absolute Gasteiger partial charge is 0.496 e. The first kappa shape index (κ1) is 33.1. The Balaban J connectivity index is 1.30. The number of hydrogen-bond acceptors (Lipinski definition) is 6. The summed E-state index contributed by atoms with van der Waals surface area (Å²) in [5.41, 5.74) is 3.21. The monoisotopic (exact) mass is 665 g/mol. The number of halogens is 1. The van der Waals surface area contributed by atoms with E-state index in [4.69, 9.17) is 20.8 Å². The third kappa shape index (κ3) is 8.72. The summed E-state index contributed by atoms with van der Waals surface area (Å²) in [6.07, 6.45) is 1.47. The molecular weight excluding hydrogens is 634 g/mol. The van der Waals surface area contributed by atoms with Crippen molar-refractivity contribution in [1.82, 2.24) is 5.32 Å². The molecule has 1 aromatic heterocycles. The Bertz CT molecular complexity index is 1920. The quantitative estimate of drug-likeness (QED) is 0.0965. The summed E-state index contributed by atoms with van der Waals surface area (Å²) in [5.74, 6) is 0.386. The minimum Gasteiger partial charge on any atom is -0.496 e. The molecule has 0 bridgehead atoms. The molecule has 0 unspecified atom stereocenters. The van der Waals surface area contributed by atoms with Crippen LogP contribution in [0.15, 0.2) is 124 Å². The molecule has 0 aliphatic rings. The van der Waals surface area contributed by atoms with Crippen molar-refractivity contribution in [2.45, 2.75) is 24.0 Å². The maximum absolute atomic E-state index is 13.5. The van der Waals surface area contributed by atoms with Gasteiger partial charge < -0.3 is 25.1 Å². The Kier molecular flexibility index (Phi) is 10.8. The lowest BCUT2D eigenvalue weighted by Gasteiger charge is -2.14. The smallest absolute Gasteiger partial charge is 0.272 e. The molecule has 47 heavy (non-hydrogen) atoms. The number of aryl methyl sites for hydroxylation is 1. The number of amides is 3. The van der Waals surface area contributed by atoms with Gasteiger partial charge in [0, 0.05) is 32.9 Å². The summed E-state index contributed by atoms with van der Waals surface area (Å²) in [7, 11) is 1.58. The first-order valence-corrected chi connectivity index (χ1v) is 15.9. The second-order valence-electron chi connectivity index (χ2n) is 10.5. The normalized spacial score (nSPS) is 11.8. The van der Waals surface area contributed by atoms with Crippen molar-refractivity contribution in [3.05, 3.63) is 137 Å². The number of benzene rings is 4. The van der Waals surface area contributed by atoms with E-state index in [9.17, 15) is 14.4 Å². The number of carbonyl (C=O) groups excluding carboxylic acids is 3. The van der Waals surface area contributed by atoms with E-state index in [0.29, 0.717) is 39.2 Å². The summed E-state index contributed by atoms with van der Waals surface area (Å²) in [4.78, 5) is 40.2. The van der Waals surface area contributed by atoms with Gasteiger partial charge in [-0.05, 0) is 92.2 Å². The van der Waals surface area contributed by atoms with Gasteiger partial charge >= 0.3 is 0 Å². The van der Waals surface area contributed by atoms with Crippen molar-refractivity contribution in [2.24, 2.45) is 0 Å². The molecule has 0 saturated heterocycles. The molecule has 0 radical (unpaired) electrons. The topological polar surface area (TPSA) is 110 Å². The molecule has 1 heterocycles. The molecule has 1 atom stereocenters. The predicted octanol–water partition coefficient (Wildman–Crippen LogP) is 8.45. The molecule has 0 fully saturated rings. The fraction of sp³-hybridized carbons (Fsp3) is 0.108. The molecule has 5 rings (SSSR count). The fourth-order valence-corrected chi connectivity index (χ4v) is 5.58. The van der Waals surface area contributed by atoms with Crippen LogP contribution in [-0.4, -0.2) is 30.1 Å². The summed E-state index contributed by atoms with van der Waals surface area (Å²) in [5, 5.41) is 8.63. The Labute approximate surface area is 282 Å². The van der Waals surface area contributed by atoms with Gasteiger partial charge in [-0.15, -0.1) is 11.8 Å². The van der Waals surface area contributed by atoms with Crippen molar-refractivity contribution < 1.29 is 23.5 Å². The maximum Gasteiger partial charge on any atom is 0.272 e. The molecular formula is C37H32ClN3O5S. The second kappa shape index (κ2) is 15.4. The van der Waals surface area contributed by atoms with Gasteiger partial charge in [0.15, 0.2) is 0 Å². The minimum atomic E-state index is -0.547. The number of carbonyl (C=O) groups is 3. The van der Waals surface area contributed by atoms with Crippen LogP contribution in [0.1, 0.15) is 28.6 Å². The number of para-hydroxylation sites is 1. The second-order valence-corrected chi connectivity index (χ2v) is 12.3. The van der Waals surface area contributed by atoms with E-state index in [1.54, 1.807) is 73.8 Å². The number of hydrogen-bond donors (Lipinski definition) is 3. The highest BCUT2D eigenvalue weighted by atomic mass is 35.5. The number of methoxy groups -OCH3 is 1. The van der Waals surface area contributed by atoms with E-state index in [-0.39, 0.29) is 11.6 Å². The average Bonchev–Trinajstić information content (AvgIpc) is 3.55. The lowest BCUT2D eigenvalue weighted by molar-refractivity contribution is -0.115. The predicted molar refractivity (Wildman–Crippen MR) is 188 cm³/mol. The van der Waals surface area contributed by atoms with Crippen molar-refractivity contribution >= 4 is 58.5 Å². The number of anilines is 2. The molecule has 4 aromatic carbocycles. The highest BCUT2D eigenvalue weighted by molar-refractivity contribution is 8.00. The van der Waals surface area contributed by atoms with Crippen LogP contribution in [0.2, 0.25) is 5.02 Å². The van der Waals surface area contributed by atoms with Crippen molar-refractivity contribution in [2.75, 3.05) is 17.7 Å². The zero-order valence-corrected chi connectivity index (χ0v) is 27.4. The molecule has 3 N–H and O–H groups in total. The molecule has 10 heteroatoms. The minimum absolute atomic E-state index is 0.0140. The van der Waals surface area contributed by atoms with Crippen LogP contribution in [0.5, 0.6) is 5.75 Å². The SMILES string of the molecule is COc1ccccc1-c1ccc(/C=C(\NC(=O)c2ccccc2)C(=O)Nc2ccc(S[C@@H](C)C(=O)Nc3cc(Cl)ccc3C)cc2)o1. The third-order valence-electron chi connectivity index (χ3n) is 7.07. The first-order valence-electron chi connectivity index (χ1n) is 14.7. The number of thioether (sulfide) groups is 1. The standard InChI is InChI=1S/C37H32ClN3O5S/c1-23-13-14-26(38)21-31(23)40-35(42)24(2)47-29-18-15-27(16-19-29)39-37(44)32(41-36(43)25-9-5-4-6-10-25)22-28-17-20-34(46-28)30-11-7-8-12-33(30)45-3/h4-22,24H,1-3H3,(H,39,44)(H,40,42)(H,41,43)/b32-22-/t24-/m0/s1. The highest BCUT2D eigenvalue weighted by Gasteiger charge is 2.18. The van der Waals surface area contributed by atoms with Crippen molar-refractivity contribution in [1.29, 1.82) is 0 Å². The van der Waals surface area contributed by atoms with Crippen LogP contribution in [0.3, 0.4) is 0 Å². The van der Waals surface area contributed by atoms with E-state index >= 15 is 0 Å². The molecule has 8 nitrogen and oxygen atoms in total. The zero-order valence-electron chi connectivity index (χ0n) is 25.9. The van der Waals surface area contributed by atoms with Crippen LogP contribution in [0, 0.1) is 6.92 Å². The Morgan fingerprint density at radius 3 is 2.34 bits per heavy atom. The van der Waals surface area contributed by atoms with Crippen LogP contribution in [-0.2, 0) is 9.59 Å². The Morgan fingerprint density at radius 1 is 0.872 bits per heavy atom. The fourth-order valence-electron chi connectivity index (χ4n) is 4.54. The van der Waals surface area contributed by atoms with E-state index in [1.165, 1.54) is 17.8 Å². The molecule has 0 aliphatic carbocycles. The number of nitrogens with one attached hydrogen (secondary N) is 3. The van der Waals surface area contributed by atoms with Gasteiger partial charge in [-0.3, -0.25) is 14.4 Å². The van der Waals surface area contributed by atoms with Gasteiger partial charge in [0.25, 0.3) is 11.8 Å². The molecule has 0 spiro atoms. The molecule has 0 aliphatic heterocycles. The molecule has 238 valence electrons. The summed E-state index contributed by atoms with van der Waals surface area (Å²) in [6.45, 7) is 3.72. The van der Waals surface area contributed by atoms with Gasteiger partial charge in [0.2, 0.25) is 5.91 Å². The molecule has 3 amide bonds. The maximum atomic E-state index is 13.5. The lowest BCUT2D eigenvalue weighted by atomic mass is 10.1. The number of ether oxygens (including phenoxy) is 1.